The fourth-order valence-corrected chi connectivity index (χ4v) is 7.01. The van der Waals surface area contributed by atoms with E-state index in [-0.39, 0.29) is 11.5 Å². The number of aliphatic hydroxyl groups excluding tert-OH is 1. The number of carbonyl (C=O) groups is 1. The lowest BCUT2D eigenvalue weighted by Gasteiger charge is -2.60. The van der Waals surface area contributed by atoms with Crippen molar-refractivity contribution in [1.29, 1.82) is 0 Å². The number of ketones is 1. The van der Waals surface area contributed by atoms with Crippen molar-refractivity contribution in [3.8, 4) is 0 Å². The van der Waals surface area contributed by atoms with Gasteiger partial charge in [-0.15, -0.1) is 0 Å². The van der Waals surface area contributed by atoms with Crippen molar-refractivity contribution in [1.82, 2.24) is 0 Å². The Kier molecular flexibility index (Phi) is 3.10. The molecule has 0 aliphatic heterocycles. The van der Waals surface area contributed by atoms with E-state index in [0.29, 0.717) is 17.1 Å². The van der Waals surface area contributed by atoms with Gasteiger partial charge in [-0.05, 0) is 80.5 Å². The highest BCUT2D eigenvalue weighted by atomic mass is 16.3. The second-order valence-electron chi connectivity index (χ2n) is 9.00. The molecule has 0 spiro atoms. The number of aliphatic hydroxyl groups is 1. The molecule has 4 fully saturated rings. The van der Waals surface area contributed by atoms with Crippen molar-refractivity contribution < 1.29 is 9.90 Å². The number of hydrogen-bond donors (Lipinski definition) is 1. The van der Waals surface area contributed by atoms with Crippen LogP contribution in [0.1, 0.15) is 71.6 Å². The van der Waals surface area contributed by atoms with Gasteiger partial charge in [-0.25, -0.2) is 0 Å². The molecule has 0 aromatic carbocycles. The summed E-state index contributed by atoms with van der Waals surface area (Å²) in [4.78, 5) is 12.4. The van der Waals surface area contributed by atoms with Crippen LogP contribution in [0, 0.1) is 34.5 Å². The van der Waals surface area contributed by atoms with E-state index in [1.165, 1.54) is 25.7 Å². The molecule has 2 nitrogen and oxygen atoms in total. The Morgan fingerprint density at radius 2 is 1.81 bits per heavy atom. The van der Waals surface area contributed by atoms with Crippen LogP contribution >= 0.6 is 0 Å². The van der Waals surface area contributed by atoms with Crippen LogP contribution in [0.15, 0.2) is 0 Å². The van der Waals surface area contributed by atoms with Crippen molar-refractivity contribution in [2.24, 2.45) is 34.5 Å². The lowest BCUT2D eigenvalue weighted by molar-refractivity contribution is -0.142. The van der Waals surface area contributed by atoms with E-state index in [2.05, 4.69) is 13.8 Å². The van der Waals surface area contributed by atoms with Gasteiger partial charge >= 0.3 is 0 Å². The van der Waals surface area contributed by atoms with E-state index in [1.807, 2.05) is 0 Å². The highest BCUT2D eigenvalue weighted by molar-refractivity contribution is 5.87. The van der Waals surface area contributed by atoms with Gasteiger partial charge in [0.15, 0.2) is 0 Å². The Balaban J connectivity index is 1.64. The summed E-state index contributed by atoms with van der Waals surface area (Å²) in [5, 5.41) is 10.0. The predicted octanol–water partition coefficient (Wildman–Crippen LogP) is 3.96. The predicted molar refractivity (Wildman–Crippen MR) is 82.7 cm³/mol. The molecule has 1 N–H and O–H groups in total. The highest BCUT2D eigenvalue weighted by Crippen LogP contribution is 2.65. The van der Waals surface area contributed by atoms with Crippen LogP contribution in [0.3, 0.4) is 0 Å². The fraction of sp³-hybridized carbons (Fsp3) is 0.947. The van der Waals surface area contributed by atoms with Crippen molar-refractivity contribution in [2.75, 3.05) is 0 Å². The van der Waals surface area contributed by atoms with Crippen molar-refractivity contribution in [3.05, 3.63) is 0 Å². The molecule has 0 amide bonds. The van der Waals surface area contributed by atoms with Crippen LogP contribution in [-0.2, 0) is 4.79 Å². The molecule has 0 bridgehead atoms. The van der Waals surface area contributed by atoms with Crippen LogP contribution in [0.25, 0.3) is 0 Å². The molecule has 7 atom stereocenters. The summed E-state index contributed by atoms with van der Waals surface area (Å²) < 4.78 is 0. The Morgan fingerprint density at radius 1 is 1.00 bits per heavy atom. The third kappa shape index (κ3) is 1.84. The number of hydrogen-bond acceptors (Lipinski definition) is 2. The molecule has 0 aromatic heterocycles. The van der Waals surface area contributed by atoms with Crippen LogP contribution in [0.2, 0.25) is 0 Å². The van der Waals surface area contributed by atoms with Gasteiger partial charge in [0.25, 0.3) is 0 Å². The van der Waals surface area contributed by atoms with Crippen molar-refractivity contribution in [3.63, 3.8) is 0 Å². The van der Waals surface area contributed by atoms with E-state index >= 15 is 0 Å². The Labute approximate surface area is 128 Å². The summed E-state index contributed by atoms with van der Waals surface area (Å²) in [6, 6.07) is 0. The Morgan fingerprint density at radius 3 is 2.62 bits per heavy atom. The third-order valence-corrected chi connectivity index (χ3v) is 8.35. The molecule has 0 saturated heterocycles. The normalized spacial score (nSPS) is 56.5. The lowest BCUT2D eigenvalue weighted by Crippen LogP contribution is -2.54. The summed E-state index contributed by atoms with van der Waals surface area (Å²) in [5.41, 5.74) is 0.452. The molecule has 0 aromatic rings. The number of fused-ring (bicyclic) bond motifs is 5. The molecule has 4 aliphatic rings. The first-order chi connectivity index (χ1) is 9.95. The molecule has 21 heavy (non-hydrogen) atoms. The topological polar surface area (TPSA) is 37.3 Å². The molecular weight excluding hydrogens is 260 g/mol. The van der Waals surface area contributed by atoms with E-state index in [4.69, 9.17) is 0 Å². The molecule has 4 saturated carbocycles. The summed E-state index contributed by atoms with van der Waals surface area (Å²) >= 11 is 0. The van der Waals surface area contributed by atoms with Crippen molar-refractivity contribution in [2.45, 2.75) is 77.7 Å². The molecule has 0 unspecified atom stereocenters. The van der Waals surface area contributed by atoms with Crippen LogP contribution in [0.5, 0.6) is 0 Å². The van der Waals surface area contributed by atoms with Gasteiger partial charge in [0, 0.05) is 11.8 Å². The van der Waals surface area contributed by atoms with Crippen LogP contribution < -0.4 is 0 Å². The van der Waals surface area contributed by atoms with Gasteiger partial charge in [-0.3, -0.25) is 4.79 Å². The maximum Gasteiger partial charge on any atom is 0.139 e. The highest BCUT2D eigenvalue weighted by Gasteiger charge is 2.60. The monoisotopic (exact) mass is 290 g/mol. The summed E-state index contributed by atoms with van der Waals surface area (Å²) in [5.74, 6) is 3.54. The molecule has 4 aliphatic carbocycles. The first-order valence-electron chi connectivity index (χ1n) is 9.16. The minimum Gasteiger partial charge on any atom is -0.393 e. The molecular formula is C19H30O2. The zero-order valence-corrected chi connectivity index (χ0v) is 13.6. The lowest BCUT2D eigenvalue weighted by atomic mass is 9.45. The van der Waals surface area contributed by atoms with E-state index < -0.39 is 0 Å². The molecule has 0 radical (unpaired) electrons. The quantitative estimate of drug-likeness (QED) is 0.733. The molecule has 0 heterocycles. The van der Waals surface area contributed by atoms with Gasteiger partial charge in [-0.1, -0.05) is 13.8 Å². The Hall–Kier alpha value is -0.370. The maximum absolute atomic E-state index is 12.4. The van der Waals surface area contributed by atoms with Gasteiger partial charge in [0.05, 0.1) is 6.10 Å². The van der Waals surface area contributed by atoms with Gasteiger partial charge in [-0.2, -0.15) is 0 Å². The van der Waals surface area contributed by atoms with Crippen LogP contribution in [-0.4, -0.2) is 17.0 Å². The SMILES string of the molecule is C[C@]12CC[C@@H](O)C[C@H]1CC[C@H]1[C@@H]2CC[C@]2(C)C(=O)CC[C@@H]12. The zero-order valence-electron chi connectivity index (χ0n) is 13.6. The summed E-state index contributed by atoms with van der Waals surface area (Å²) in [6.07, 6.45) is 10.1. The molecule has 2 heteroatoms. The van der Waals surface area contributed by atoms with Gasteiger partial charge in [0.2, 0.25) is 0 Å². The summed E-state index contributed by atoms with van der Waals surface area (Å²) in [7, 11) is 0. The van der Waals surface area contributed by atoms with Crippen LogP contribution in [0.4, 0.5) is 0 Å². The average molecular weight is 290 g/mol. The second kappa shape index (κ2) is 4.57. The van der Waals surface area contributed by atoms with Gasteiger partial charge in [0.1, 0.15) is 5.78 Å². The van der Waals surface area contributed by atoms with E-state index in [9.17, 15) is 9.90 Å². The standard InChI is InChI=1S/C19H30O2/c1-18-9-7-13(20)11-12(18)3-4-14-15-5-6-17(21)19(15,2)10-8-16(14)18/h12-16,20H,3-11H2,1-2H3/t12-,13-,14-,15+,16+,18+,19+/m1/s1. The number of Topliss-reactive ketones (excluding diaryl/α,β-unsaturated/α-hetero) is 1. The first kappa shape index (κ1) is 14.2. The van der Waals surface area contributed by atoms with E-state index in [0.717, 1.165) is 49.9 Å². The largest absolute Gasteiger partial charge is 0.393 e. The van der Waals surface area contributed by atoms with E-state index in [1.54, 1.807) is 0 Å². The smallest absolute Gasteiger partial charge is 0.139 e. The minimum absolute atomic E-state index is 0.0124. The molecule has 4 rings (SSSR count). The maximum atomic E-state index is 12.4. The number of rotatable bonds is 0. The third-order valence-electron chi connectivity index (χ3n) is 8.35. The Bertz CT molecular complexity index is 458. The summed E-state index contributed by atoms with van der Waals surface area (Å²) in [6.45, 7) is 4.78. The van der Waals surface area contributed by atoms with Crippen molar-refractivity contribution >= 4 is 5.78 Å². The first-order valence-corrected chi connectivity index (χ1v) is 9.16. The fourth-order valence-electron chi connectivity index (χ4n) is 7.01. The van der Waals surface area contributed by atoms with Gasteiger partial charge < -0.3 is 5.11 Å². The zero-order chi connectivity index (χ0) is 14.8. The number of carbonyl (C=O) groups excluding carboxylic acids is 1. The molecule has 118 valence electrons. The average Bonchev–Trinajstić information content (AvgIpc) is 2.76. The minimum atomic E-state index is -0.0541. The second-order valence-corrected chi connectivity index (χ2v) is 9.00.